The average Bonchev–Trinajstić information content (AvgIpc) is 2.90. The molecule has 1 aromatic heterocycles. The van der Waals surface area contributed by atoms with E-state index >= 15 is 0 Å². The van der Waals surface area contributed by atoms with Crippen molar-refractivity contribution in [2.24, 2.45) is 5.10 Å². The Balaban J connectivity index is 2.04. The first-order chi connectivity index (χ1) is 8.27. The summed E-state index contributed by atoms with van der Waals surface area (Å²) >= 11 is 1.60. The van der Waals surface area contributed by atoms with Gasteiger partial charge in [0.25, 0.3) is 5.91 Å². The van der Waals surface area contributed by atoms with E-state index in [-0.39, 0.29) is 5.91 Å². The molecule has 0 aliphatic rings. The van der Waals surface area contributed by atoms with Crippen molar-refractivity contribution in [2.45, 2.75) is 6.92 Å². The third kappa shape index (κ3) is 3.01. The van der Waals surface area contributed by atoms with Crippen molar-refractivity contribution in [3.63, 3.8) is 0 Å². The lowest BCUT2D eigenvalue weighted by Gasteiger charge is -2.00. The van der Waals surface area contributed by atoms with E-state index in [0.29, 0.717) is 5.56 Å². The van der Waals surface area contributed by atoms with Crippen molar-refractivity contribution in [1.82, 2.24) is 5.43 Å². The van der Waals surface area contributed by atoms with Gasteiger partial charge < -0.3 is 0 Å². The molecule has 2 aromatic rings. The predicted octanol–water partition coefficient (Wildman–Crippen LogP) is 2.90. The second-order valence-corrected chi connectivity index (χ2v) is 4.43. The topological polar surface area (TPSA) is 41.5 Å². The van der Waals surface area contributed by atoms with E-state index in [1.165, 1.54) is 0 Å². The van der Waals surface area contributed by atoms with Gasteiger partial charge in [0, 0.05) is 10.4 Å². The van der Waals surface area contributed by atoms with Crippen LogP contribution in [-0.2, 0) is 0 Å². The number of hydrogen-bond acceptors (Lipinski definition) is 3. The summed E-state index contributed by atoms with van der Waals surface area (Å²) in [5.41, 5.74) is 3.96. The van der Waals surface area contributed by atoms with Gasteiger partial charge in [-0.2, -0.15) is 5.10 Å². The van der Waals surface area contributed by atoms with Gasteiger partial charge in [-0.05, 0) is 30.5 Å². The van der Waals surface area contributed by atoms with Crippen LogP contribution in [0.5, 0.6) is 0 Å². The fourth-order valence-corrected chi connectivity index (χ4v) is 2.01. The summed E-state index contributed by atoms with van der Waals surface area (Å²) in [6, 6.07) is 13.0. The monoisotopic (exact) mass is 244 g/mol. The molecule has 0 fully saturated rings. The molecule has 0 aliphatic carbocycles. The minimum absolute atomic E-state index is 0.193. The number of amides is 1. The molecule has 2 rings (SSSR count). The molecular formula is C13H12N2OS. The van der Waals surface area contributed by atoms with Crippen LogP contribution >= 0.6 is 11.3 Å². The number of benzene rings is 1. The summed E-state index contributed by atoms with van der Waals surface area (Å²) in [4.78, 5) is 12.8. The third-order valence-electron chi connectivity index (χ3n) is 2.24. The first kappa shape index (κ1) is 11.5. The second kappa shape index (κ2) is 5.41. The average molecular weight is 244 g/mol. The van der Waals surface area contributed by atoms with Crippen molar-refractivity contribution in [3.8, 4) is 0 Å². The van der Waals surface area contributed by atoms with Gasteiger partial charge in [0.1, 0.15) is 0 Å². The molecule has 1 amide bonds. The lowest BCUT2D eigenvalue weighted by Crippen LogP contribution is -2.18. The van der Waals surface area contributed by atoms with Crippen LogP contribution in [0.1, 0.15) is 22.2 Å². The fraction of sp³-hybridized carbons (Fsp3) is 0.0769. The Morgan fingerprint density at radius 1 is 1.18 bits per heavy atom. The Hall–Kier alpha value is -1.94. The molecule has 0 saturated heterocycles. The Morgan fingerprint density at radius 3 is 2.59 bits per heavy atom. The second-order valence-electron chi connectivity index (χ2n) is 3.48. The molecule has 0 spiro atoms. The zero-order valence-corrected chi connectivity index (χ0v) is 10.2. The van der Waals surface area contributed by atoms with Crippen LogP contribution in [0.4, 0.5) is 0 Å². The van der Waals surface area contributed by atoms with Crippen LogP contribution in [0.3, 0.4) is 0 Å². The van der Waals surface area contributed by atoms with Crippen molar-refractivity contribution in [1.29, 1.82) is 0 Å². The molecule has 0 aliphatic heterocycles. The highest BCUT2D eigenvalue weighted by atomic mass is 32.1. The van der Waals surface area contributed by atoms with Gasteiger partial charge in [0.05, 0.1) is 5.71 Å². The number of rotatable bonds is 3. The first-order valence-corrected chi connectivity index (χ1v) is 6.09. The van der Waals surface area contributed by atoms with E-state index in [9.17, 15) is 4.79 Å². The lowest BCUT2D eigenvalue weighted by molar-refractivity contribution is 0.0955. The van der Waals surface area contributed by atoms with Crippen molar-refractivity contribution >= 4 is 23.0 Å². The minimum Gasteiger partial charge on any atom is -0.267 e. The Labute approximate surface area is 104 Å². The van der Waals surface area contributed by atoms with E-state index in [1.54, 1.807) is 23.5 Å². The summed E-state index contributed by atoms with van der Waals surface area (Å²) in [6.07, 6.45) is 0. The number of hydrazone groups is 1. The summed E-state index contributed by atoms with van der Waals surface area (Å²) in [5, 5.41) is 6.05. The molecule has 4 heteroatoms. The molecule has 17 heavy (non-hydrogen) atoms. The van der Waals surface area contributed by atoms with Gasteiger partial charge in [0.2, 0.25) is 0 Å². The summed E-state index contributed by atoms with van der Waals surface area (Å²) in [6.45, 7) is 1.87. The third-order valence-corrected chi connectivity index (χ3v) is 3.22. The van der Waals surface area contributed by atoms with E-state index in [1.807, 2.05) is 42.6 Å². The molecular weight excluding hydrogens is 232 g/mol. The maximum absolute atomic E-state index is 11.7. The highest BCUT2D eigenvalue weighted by molar-refractivity contribution is 7.12. The summed E-state index contributed by atoms with van der Waals surface area (Å²) in [7, 11) is 0. The number of carbonyl (C=O) groups excluding carboxylic acids is 1. The van der Waals surface area contributed by atoms with Gasteiger partial charge in [-0.25, -0.2) is 5.43 Å². The Kier molecular flexibility index (Phi) is 3.67. The molecule has 1 heterocycles. The van der Waals surface area contributed by atoms with Gasteiger partial charge >= 0.3 is 0 Å². The zero-order valence-electron chi connectivity index (χ0n) is 9.38. The number of thiophene rings is 1. The predicted molar refractivity (Wildman–Crippen MR) is 70.4 cm³/mol. The maximum Gasteiger partial charge on any atom is 0.271 e. The van der Waals surface area contributed by atoms with Crippen molar-refractivity contribution < 1.29 is 4.79 Å². The molecule has 0 radical (unpaired) electrons. The molecule has 86 valence electrons. The van der Waals surface area contributed by atoms with Crippen molar-refractivity contribution in [3.05, 3.63) is 58.3 Å². The number of hydrogen-bond donors (Lipinski definition) is 1. The lowest BCUT2D eigenvalue weighted by atomic mass is 10.2. The summed E-state index contributed by atoms with van der Waals surface area (Å²) in [5.74, 6) is -0.193. The standard InChI is InChI=1S/C13H12N2OS/c1-10(12-8-5-9-17-12)14-15-13(16)11-6-3-2-4-7-11/h2-9H,1H3,(H,15,16)/b14-10+. The Bertz CT molecular complexity index is 518. The number of carbonyl (C=O) groups is 1. The number of nitrogens with one attached hydrogen (secondary N) is 1. The molecule has 1 N–H and O–H groups in total. The van der Waals surface area contributed by atoms with Crippen LogP contribution in [0, 0.1) is 0 Å². The van der Waals surface area contributed by atoms with Crippen LogP contribution in [0.2, 0.25) is 0 Å². The van der Waals surface area contributed by atoms with Crippen molar-refractivity contribution in [2.75, 3.05) is 0 Å². The van der Waals surface area contributed by atoms with Gasteiger partial charge in [-0.3, -0.25) is 4.79 Å². The SMILES string of the molecule is C/C(=N\NC(=O)c1ccccc1)c1cccs1. The highest BCUT2D eigenvalue weighted by Crippen LogP contribution is 2.09. The quantitative estimate of drug-likeness (QED) is 0.654. The van der Waals surface area contributed by atoms with E-state index < -0.39 is 0 Å². The summed E-state index contributed by atoms with van der Waals surface area (Å²) < 4.78 is 0. The van der Waals surface area contributed by atoms with E-state index in [0.717, 1.165) is 10.6 Å². The molecule has 3 nitrogen and oxygen atoms in total. The highest BCUT2D eigenvalue weighted by Gasteiger charge is 2.03. The number of nitrogens with zero attached hydrogens (tertiary/aromatic N) is 1. The van der Waals surface area contributed by atoms with Gasteiger partial charge in [-0.1, -0.05) is 24.3 Å². The van der Waals surface area contributed by atoms with E-state index in [2.05, 4.69) is 10.5 Å². The van der Waals surface area contributed by atoms with Crippen LogP contribution in [0.25, 0.3) is 0 Å². The van der Waals surface area contributed by atoms with Crippen LogP contribution in [-0.4, -0.2) is 11.6 Å². The van der Waals surface area contributed by atoms with E-state index in [4.69, 9.17) is 0 Å². The van der Waals surface area contributed by atoms with Crippen LogP contribution < -0.4 is 5.43 Å². The minimum atomic E-state index is -0.193. The molecule has 0 bridgehead atoms. The molecule has 0 saturated carbocycles. The molecule has 1 aromatic carbocycles. The normalized spacial score (nSPS) is 11.2. The fourth-order valence-electron chi connectivity index (χ4n) is 1.33. The molecule has 0 unspecified atom stereocenters. The maximum atomic E-state index is 11.7. The van der Waals surface area contributed by atoms with Gasteiger partial charge in [0.15, 0.2) is 0 Å². The molecule has 0 atom stereocenters. The largest absolute Gasteiger partial charge is 0.271 e. The zero-order chi connectivity index (χ0) is 12.1. The van der Waals surface area contributed by atoms with Gasteiger partial charge in [-0.15, -0.1) is 11.3 Å². The smallest absolute Gasteiger partial charge is 0.267 e. The first-order valence-electron chi connectivity index (χ1n) is 5.21. The Morgan fingerprint density at radius 2 is 1.94 bits per heavy atom. The van der Waals surface area contributed by atoms with Crippen LogP contribution in [0.15, 0.2) is 52.9 Å².